The lowest BCUT2D eigenvalue weighted by Gasteiger charge is -2.23. The molecule has 1 aliphatic rings. The van der Waals surface area contributed by atoms with Gasteiger partial charge in [-0.25, -0.2) is 4.98 Å². The molecule has 0 spiro atoms. The van der Waals surface area contributed by atoms with Gasteiger partial charge in [-0.15, -0.1) is 10.2 Å². The molecule has 1 N–H and O–H groups in total. The van der Waals surface area contributed by atoms with E-state index in [9.17, 15) is 4.79 Å². The number of pyridine rings is 1. The molecule has 2 aromatic heterocycles. The Morgan fingerprint density at radius 1 is 1.43 bits per heavy atom. The largest absolute Gasteiger partial charge is 0.473 e. The Morgan fingerprint density at radius 2 is 2.22 bits per heavy atom. The van der Waals surface area contributed by atoms with E-state index in [1.807, 2.05) is 6.92 Å². The standard InChI is InChI=1S/C14H15ClN4O3S/c1-8-18-19-14(23-8)17-12(20)9-6-11(15)13(16-7-9)22-10-2-4-21-5-3-10/h6-7,10H,2-5H2,1H3,(H,17,19,20). The second-order valence-corrected chi connectivity index (χ2v) is 6.61. The molecule has 1 saturated heterocycles. The van der Waals surface area contributed by atoms with Crippen molar-refractivity contribution in [3.05, 3.63) is 27.9 Å². The molecule has 1 aliphatic heterocycles. The fourth-order valence-corrected chi connectivity index (χ4v) is 2.90. The highest BCUT2D eigenvalue weighted by atomic mass is 35.5. The number of hydrogen-bond acceptors (Lipinski definition) is 7. The Balaban J connectivity index is 1.67. The molecule has 1 fully saturated rings. The van der Waals surface area contributed by atoms with Crippen LogP contribution in [0.3, 0.4) is 0 Å². The highest BCUT2D eigenvalue weighted by molar-refractivity contribution is 7.15. The summed E-state index contributed by atoms with van der Waals surface area (Å²) in [5, 5.41) is 11.9. The number of anilines is 1. The molecule has 3 rings (SSSR count). The van der Waals surface area contributed by atoms with Gasteiger partial charge in [0, 0.05) is 19.0 Å². The first kappa shape index (κ1) is 16.1. The molecule has 0 bridgehead atoms. The van der Waals surface area contributed by atoms with Crippen LogP contribution in [0.5, 0.6) is 5.88 Å². The minimum absolute atomic E-state index is 0.0396. The molecule has 7 nitrogen and oxygen atoms in total. The molecule has 9 heteroatoms. The van der Waals surface area contributed by atoms with Crippen molar-refractivity contribution in [2.75, 3.05) is 18.5 Å². The van der Waals surface area contributed by atoms with Crippen molar-refractivity contribution in [3.63, 3.8) is 0 Å². The molecule has 0 atom stereocenters. The van der Waals surface area contributed by atoms with Gasteiger partial charge in [0.1, 0.15) is 16.1 Å². The smallest absolute Gasteiger partial charge is 0.259 e. The van der Waals surface area contributed by atoms with Crippen LogP contribution in [0.4, 0.5) is 5.13 Å². The van der Waals surface area contributed by atoms with Gasteiger partial charge in [-0.2, -0.15) is 0 Å². The van der Waals surface area contributed by atoms with Gasteiger partial charge in [-0.05, 0) is 13.0 Å². The zero-order valence-corrected chi connectivity index (χ0v) is 14.0. The number of carbonyl (C=O) groups is 1. The van der Waals surface area contributed by atoms with Crippen molar-refractivity contribution in [2.45, 2.75) is 25.9 Å². The van der Waals surface area contributed by atoms with Crippen molar-refractivity contribution >= 4 is 34.0 Å². The van der Waals surface area contributed by atoms with E-state index in [1.54, 1.807) is 0 Å². The van der Waals surface area contributed by atoms with Crippen LogP contribution >= 0.6 is 22.9 Å². The SMILES string of the molecule is Cc1nnc(NC(=O)c2cnc(OC3CCOCC3)c(Cl)c2)s1. The summed E-state index contributed by atoms with van der Waals surface area (Å²) in [6, 6.07) is 1.53. The topological polar surface area (TPSA) is 86.2 Å². The second-order valence-electron chi connectivity index (χ2n) is 5.02. The molecule has 1 amide bonds. The van der Waals surface area contributed by atoms with Crippen LogP contribution in [0.15, 0.2) is 12.3 Å². The predicted octanol–water partition coefficient (Wildman–Crippen LogP) is 2.71. The number of ether oxygens (including phenoxy) is 2. The molecular formula is C14H15ClN4O3S. The molecule has 0 unspecified atom stereocenters. The molecular weight excluding hydrogens is 340 g/mol. The Kier molecular flexibility index (Phi) is 5.04. The van der Waals surface area contributed by atoms with E-state index in [4.69, 9.17) is 21.1 Å². The van der Waals surface area contributed by atoms with E-state index in [0.717, 1.165) is 17.8 Å². The second kappa shape index (κ2) is 7.20. The van der Waals surface area contributed by atoms with Crippen LogP contribution < -0.4 is 10.1 Å². The number of nitrogens with zero attached hydrogens (tertiary/aromatic N) is 3. The number of hydrogen-bond donors (Lipinski definition) is 1. The summed E-state index contributed by atoms with van der Waals surface area (Å²) in [6.45, 7) is 3.16. The van der Waals surface area contributed by atoms with Gasteiger partial charge in [0.2, 0.25) is 11.0 Å². The maximum atomic E-state index is 12.1. The number of rotatable bonds is 4. The number of nitrogens with one attached hydrogen (secondary N) is 1. The quantitative estimate of drug-likeness (QED) is 0.908. The Morgan fingerprint density at radius 3 is 2.87 bits per heavy atom. The third-order valence-electron chi connectivity index (χ3n) is 3.26. The molecule has 2 aromatic rings. The van der Waals surface area contributed by atoms with E-state index >= 15 is 0 Å². The van der Waals surface area contributed by atoms with Crippen LogP contribution in [0.2, 0.25) is 5.02 Å². The fourth-order valence-electron chi connectivity index (χ4n) is 2.10. The van der Waals surface area contributed by atoms with Crippen molar-refractivity contribution < 1.29 is 14.3 Å². The third-order valence-corrected chi connectivity index (χ3v) is 4.29. The lowest BCUT2D eigenvalue weighted by molar-refractivity contribution is 0.0238. The summed E-state index contributed by atoms with van der Waals surface area (Å²) >= 11 is 7.47. The van der Waals surface area contributed by atoms with E-state index < -0.39 is 0 Å². The minimum Gasteiger partial charge on any atom is -0.473 e. The minimum atomic E-state index is -0.340. The zero-order valence-electron chi connectivity index (χ0n) is 12.4. The average Bonchev–Trinajstić information content (AvgIpc) is 2.95. The third kappa shape index (κ3) is 4.15. The average molecular weight is 355 g/mol. The Labute approximate surface area is 142 Å². The van der Waals surface area contributed by atoms with Crippen molar-refractivity contribution in [1.29, 1.82) is 0 Å². The van der Waals surface area contributed by atoms with Crippen LogP contribution in [0.1, 0.15) is 28.2 Å². The van der Waals surface area contributed by atoms with E-state index in [0.29, 0.717) is 34.8 Å². The summed E-state index contributed by atoms with van der Waals surface area (Å²) in [5.74, 6) is -0.00459. The Bertz CT molecular complexity index is 703. The van der Waals surface area contributed by atoms with Gasteiger partial charge in [0.15, 0.2) is 0 Å². The van der Waals surface area contributed by atoms with Gasteiger partial charge < -0.3 is 9.47 Å². The van der Waals surface area contributed by atoms with Gasteiger partial charge in [-0.3, -0.25) is 10.1 Å². The summed E-state index contributed by atoms with van der Waals surface area (Å²) in [7, 11) is 0. The maximum Gasteiger partial charge on any atom is 0.259 e. The molecule has 0 saturated carbocycles. The normalized spacial score (nSPS) is 15.4. The van der Waals surface area contributed by atoms with Gasteiger partial charge >= 0.3 is 0 Å². The van der Waals surface area contributed by atoms with Gasteiger partial charge in [0.05, 0.1) is 18.8 Å². The monoisotopic (exact) mass is 354 g/mol. The van der Waals surface area contributed by atoms with Crippen molar-refractivity contribution in [2.24, 2.45) is 0 Å². The van der Waals surface area contributed by atoms with Crippen molar-refractivity contribution in [3.8, 4) is 5.88 Å². The fraction of sp³-hybridized carbons (Fsp3) is 0.429. The highest BCUT2D eigenvalue weighted by Gasteiger charge is 2.18. The summed E-state index contributed by atoms with van der Waals surface area (Å²) < 4.78 is 11.0. The summed E-state index contributed by atoms with van der Waals surface area (Å²) in [4.78, 5) is 16.3. The first-order valence-corrected chi connectivity index (χ1v) is 8.32. The molecule has 0 aliphatic carbocycles. The number of aryl methyl sites for hydroxylation is 1. The van der Waals surface area contributed by atoms with Gasteiger partial charge in [0.25, 0.3) is 5.91 Å². The van der Waals surface area contributed by atoms with Crippen LogP contribution in [0.25, 0.3) is 0 Å². The van der Waals surface area contributed by atoms with Crippen LogP contribution in [-0.2, 0) is 4.74 Å². The maximum absolute atomic E-state index is 12.1. The summed E-state index contributed by atoms with van der Waals surface area (Å²) in [6.07, 6.45) is 3.08. The number of amides is 1. The number of aromatic nitrogens is 3. The molecule has 3 heterocycles. The molecule has 0 aromatic carbocycles. The Hall–Kier alpha value is -1.77. The number of halogens is 1. The first-order chi connectivity index (χ1) is 11.1. The van der Waals surface area contributed by atoms with E-state index in [-0.39, 0.29) is 12.0 Å². The molecule has 0 radical (unpaired) electrons. The van der Waals surface area contributed by atoms with E-state index in [2.05, 4.69) is 20.5 Å². The zero-order chi connectivity index (χ0) is 16.2. The van der Waals surface area contributed by atoms with Gasteiger partial charge in [-0.1, -0.05) is 22.9 Å². The highest BCUT2D eigenvalue weighted by Crippen LogP contribution is 2.26. The van der Waals surface area contributed by atoms with Crippen molar-refractivity contribution in [1.82, 2.24) is 15.2 Å². The lowest BCUT2D eigenvalue weighted by atomic mass is 10.1. The first-order valence-electron chi connectivity index (χ1n) is 7.13. The van der Waals surface area contributed by atoms with Crippen LogP contribution in [0, 0.1) is 6.92 Å². The molecule has 122 valence electrons. The predicted molar refractivity (Wildman–Crippen MR) is 86.3 cm³/mol. The number of carbonyl (C=O) groups excluding carboxylic acids is 1. The molecule has 23 heavy (non-hydrogen) atoms. The summed E-state index contributed by atoms with van der Waals surface area (Å²) in [5.41, 5.74) is 0.335. The lowest BCUT2D eigenvalue weighted by Crippen LogP contribution is -2.26. The van der Waals surface area contributed by atoms with E-state index in [1.165, 1.54) is 23.6 Å². The van der Waals surface area contributed by atoms with Crippen LogP contribution in [-0.4, -0.2) is 40.4 Å².